The molecular formula is C37H38N7O7P. The zero-order valence-corrected chi connectivity index (χ0v) is 29.0. The lowest BCUT2D eigenvalue weighted by molar-refractivity contribution is -0.153. The summed E-state index contributed by atoms with van der Waals surface area (Å²) in [5.74, 6) is -0.628. The Morgan fingerprint density at radius 1 is 0.885 bits per heavy atom. The highest BCUT2D eigenvalue weighted by Crippen LogP contribution is 2.48. The second kappa shape index (κ2) is 15.8. The van der Waals surface area contributed by atoms with E-state index in [4.69, 9.17) is 24.3 Å². The van der Waals surface area contributed by atoms with Gasteiger partial charge >= 0.3 is 19.7 Å². The van der Waals surface area contributed by atoms with Gasteiger partial charge in [0.1, 0.15) is 25.0 Å². The molecule has 2 aliphatic carbocycles. The van der Waals surface area contributed by atoms with Gasteiger partial charge in [0, 0.05) is 12.5 Å². The van der Waals surface area contributed by atoms with Crippen LogP contribution in [0.25, 0.3) is 11.2 Å². The number of hydrogen-bond donors (Lipinski definition) is 3. The number of aromatic nitrogens is 4. The minimum Gasteiger partial charge on any atom is -0.461 e. The summed E-state index contributed by atoms with van der Waals surface area (Å²) in [5.41, 5.74) is 8.70. The molecular weight excluding hydrogens is 685 g/mol. The van der Waals surface area contributed by atoms with Crippen molar-refractivity contribution in [2.75, 3.05) is 11.1 Å². The van der Waals surface area contributed by atoms with Crippen molar-refractivity contribution in [3.8, 4) is 5.75 Å². The van der Waals surface area contributed by atoms with Gasteiger partial charge in [0.15, 0.2) is 17.0 Å². The number of hydrogen-bond acceptors (Lipinski definition) is 12. The van der Waals surface area contributed by atoms with Crippen LogP contribution in [0.4, 0.5) is 11.8 Å². The minimum atomic E-state index is -4.40. The van der Waals surface area contributed by atoms with E-state index in [1.54, 1.807) is 54.9 Å². The number of anilines is 2. The molecule has 268 valence electrons. The summed E-state index contributed by atoms with van der Waals surface area (Å²) >= 11 is 0. The molecule has 2 aliphatic rings. The number of carbonyl (C=O) groups excluding carboxylic acids is 2. The number of esters is 2. The summed E-state index contributed by atoms with van der Waals surface area (Å²) in [6.45, 7) is -0.0779. The van der Waals surface area contributed by atoms with E-state index in [0.717, 1.165) is 24.0 Å². The Bertz CT molecular complexity index is 2080. The summed E-state index contributed by atoms with van der Waals surface area (Å²) < 4.78 is 39.7. The first-order valence-corrected chi connectivity index (χ1v) is 18.5. The number of nitrogens with one attached hydrogen (secondary N) is 2. The minimum absolute atomic E-state index is 0.00791. The first kappa shape index (κ1) is 34.9. The molecule has 1 saturated carbocycles. The number of nitrogen functional groups attached to an aromatic ring is 1. The zero-order chi connectivity index (χ0) is 35.9. The molecule has 7 rings (SSSR count). The Labute approximate surface area is 300 Å². The number of nitrogens with zero attached hydrogens (tertiary/aromatic N) is 4. The van der Waals surface area contributed by atoms with Gasteiger partial charge in [-0.25, -0.2) is 9.55 Å². The summed E-state index contributed by atoms with van der Waals surface area (Å²) in [6, 6.07) is 25.2. The monoisotopic (exact) mass is 723 g/mol. The van der Waals surface area contributed by atoms with E-state index in [9.17, 15) is 14.2 Å². The van der Waals surface area contributed by atoms with Crippen molar-refractivity contribution in [3.63, 3.8) is 0 Å². The molecule has 52 heavy (non-hydrogen) atoms. The van der Waals surface area contributed by atoms with Crippen molar-refractivity contribution < 1.29 is 32.7 Å². The smallest absolute Gasteiger partial charge is 0.460 e. The fraction of sp³-hybridized carbons (Fsp3) is 0.270. The van der Waals surface area contributed by atoms with Crippen molar-refractivity contribution in [1.82, 2.24) is 24.6 Å². The van der Waals surface area contributed by atoms with Gasteiger partial charge in [-0.15, -0.1) is 0 Å². The molecule has 4 N–H and O–H groups in total. The normalized spacial score (nSPS) is 18.4. The van der Waals surface area contributed by atoms with Crippen LogP contribution in [0.5, 0.6) is 5.75 Å². The van der Waals surface area contributed by atoms with Gasteiger partial charge in [0.05, 0.1) is 24.9 Å². The Hall–Kier alpha value is -5.56. The molecule has 4 atom stereocenters. The van der Waals surface area contributed by atoms with Crippen LogP contribution in [-0.4, -0.2) is 49.6 Å². The van der Waals surface area contributed by atoms with Gasteiger partial charge in [-0.05, 0) is 36.1 Å². The van der Waals surface area contributed by atoms with E-state index >= 15 is 0 Å². The Morgan fingerprint density at radius 3 is 2.21 bits per heavy atom. The fourth-order valence-electron chi connectivity index (χ4n) is 5.67. The second-order valence-electron chi connectivity index (χ2n) is 12.5. The number of benzene rings is 3. The van der Waals surface area contributed by atoms with Gasteiger partial charge in [0.2, 0.25) is 5.95 Å². The molecule has 3 aromatic carbocycles. The van der Waals surface area contributed by atoms with Crippen LogP contribution >= 0.6 is 7.75 Å². The van der Waals surface area contributed by atoms with Crippen molar-refractivity contribution >= 4 is 42.6 Å². The van der Waals surface area contributed by atoms with E-state index in [2.05, 4.69) is 25.4 Å². The van der Waals surface area contributed by atoms with E-state index in [0.29, 0.717) is 29.4 Å². The average Bonchev–Trinajstić information content (AvgIpc) is 3.68. The summed E-state index contributed by atoms with van der Waals surface area (Å²) in [6.07, 6.45) is 6.49. The first-order chi connectivity index (χ1) is 25.3. The van der Waals surface area contributed by atoms with Crippen LogP contribution in [0, 0.1) is 0 Å². The highest BCUT2D eigenvalue weighted by molar-refractivity contribution is 7.52. The van der Waals surface area contributed by atoms with Crippen LogP contribution < -0.4 is 20.7 Å². The van der Waals surface area contributed by atoms with Crippen LogP contribution in [0.15, 0.2) is 109 Å². The lowest BCUT2D eigenvalue weighted by atomic mass is 10.2. The molecule has 3 unspecified atom stereocenters. The van der Waals surface area contributed by atoms with Crippen molar-refractivity contribution in [2.24, 2.45) is 0 Å². The molecule has 2 aromatic heterocycles. The predicted molar refractivity (Wildman–Crippen MR) is 193 cm³/mol. The summed E-state index contributed by atoms with van der Waals surface area (Å²) in [5, 5.41) is 6.09. The van der Waals surface area contributed by atoms with E-state index in [1.165, 1.54) is 0 Å². The number of carbonyl (C=O) groups is 2. The van der Waals surface area contributed by atoms with E-state index in [1.807, 2.05) is 59.2 Å². The highest BCUT2D eigenvalue weighted by Gasteiger charge is 2.39. The standard InChI is InChI=1S/C37H38N7O7P/c38-37-41-34(40-27-16-17-27)33-35(42-37)44(24-39-33)28-18-19-30(20-28)51-52(47,50-29-14-8-3-9-15-29)43-31(36(46)49-23-26-12-6-2-7-13-26)21-32(45)48-22-25-10-4-1-5-11-25/h1-15,18-19,24,27-28,30-31H,16-17,20-23H2,(H,43,47)(H3,38,40,41,42)/t28?,30?,31-,52?/m0/s1. The summed E-state index contributed by atoms with van der Waals surface area (Å²) in [7, 11) is -4.40. The number of allylic oxidation sites excluding steroid dienone is 1. The predicted octanol–water partition coefficient (Wildman–Crippen LogP) is 5.89. The third kappa shape index (κ3) is 9.02. The van der Waals surface area contributed by atoms with E-state index in [-0.39, 0.29) is 31.0 Å². The lowest BCUT2D eigenvalue weighted by Crippen LogP contribution is -2.40. The van der Waals surface area contributed by atoms with Gasteiger partial charge in [-0.2, -0.15) is 15.1 Å². The maximum atomic E-state index is 14.7. The number of rotatable bonds is 16. The number of imidazole rings is 1. The molecule has 2 heterocycles. The first-order valence-electron chi connectivity index (χ1n) is 17.0. The Morgan fingerprint density at radius 2 is 1.54 bits per heavy atom. The number of para-hydroxylation sites is 1. The Kier molecular flexibility index (Phi) is 10.6. The molecule has 15 heteroatoms. The van der Waals surface area contributed by atoms with Crippen LogP contribution in [-0.2, 0) is 41.4 Å². The molecule has 0 aliphatic heterocycles. The quantitative estimate of drug-likeness (QED) is 0.0623. The van der Waals surface area contributed by atoms with Crippen LogP contribution in [0.3, 0.4) is 0 Å². The fourth-order valence-corrected chi connectivity index (χ4v) is 7.32. The third-order valence-corrected chi connectivity index (χ3v) is 10.0. The molecule has 14 nitrogen and oxygen atoms in total. The van der Waals surface area contributed by atoms with E-state index < -0.39 is 38.3 Å². The van der Waals surface area contributed by atoms with Gasteiger partial charge in [0.25, 0.3) is 0 Å². The van der Waals surface area contributed by atoms with Crippen molar-refractivity contribution in [3.05, 3.63) is 121 Å². The average molecular weight is 724 g/mol. The second-order valence-corrected chi connectivity index (χ2v) is 14.2. The molecule has 0 radical (unpaired) electrons. The maximum absolute atomic E-state index is 14.7. The number of ether oxygens (including phenoxy) is 2. The highest BCUT2D eigenvalue weighted by atomic mass is 31.2. The maximum Gasteiger partial charge on any atom is 0.460 e. The van der Waals surface area contributed by atoms with Crippen LogP contribution in [0.2, 0.25) is 0 Å². The largest absolute Gasteiger partial charge is 0.461 e. The van der Waals surface area contributed by atoms with Crippen molar-refractivity contribution in [2.45, 2.75) is 63.1 Å². The number of nitrogens with two attached hydrogens (primary N) is 1. The lowest BCUT2D eigenvalue weighted by Gasteiger charge is -2.26. The number of fused-ring (bicyclic) bond motifs is 1. The Balaban J connectivity index is 1.10. The molecule has 0 saturated heterocycles. The van der Waals surface area contributed by atoms with Gasteiger partial charge in [-0.1, -0.05) is 91.0 Å². The third-order valence-electron chi connectivity index (χ3n) is 8.41. The van der Waals surface area contributed by atoms with Gasteiger partial charge < -0.3 is 29.6 Å². The molecule has 5 aromatic rings. The zero-order valence-electron chi connectivity index (χ0n) is 28.1. The molecule has 0 bridgehead atoms. The van der Waals surface area contributed by atoms with Crippen molar-refractivity contribution in [1.29, 1.82) is 0 Å². The molecule has 0 spiro atoms. The van der Waals surface area contributed by atoms with Gasteiger partial charge in [-0.3, -0.25) is 14.1 Å². The van der Waals surface area contributed by atoms with Crippen LogP contribution in [0.1, 0.15) is 42.9 Å². The molecule has 1 fully saturated rings. The SMILES string of the molecule is Nc1nc(NC2CC2)c2ncn(C3C=CC(OP(=O)(N[C@@H](CC(=O)OCc4ccccc4)C(=O)OCc4ccccc4)Oc4ccccc4)C3)c2n1. The topological polar surface area (TPSA) is 182 Å². The molecule has 0 amide bonds. The summed E-state index contributed by atoms with van der Waals surface area (Å²) in [4.78, 5) is 40.0.